The second-order valence-electron chi connectivity index (χ2n) is 6.09. The van der Waals surface area contributed by atoms with Crippen LogP contribution in [0.15, 0.2) is 24.3 Å². The van der Waals surface area contributed by atoms with Gasteiger partial charge in [-0.25, -0.2) is 4.68 Å². The van der Waals surface area contributed by atoms with Crippen LogP contribution in [0.4, 0.5) is 0 Å². The molecule has 0 spiro atoms. The number of fused-ring (bicyclic) bond motifs is 1. The van der Waals surface area contributed by atoms with Crippen molar-refractivity contribution in [1.82, 2.24) is 19.9 Å². The molecule has 1 aromatic heterocycles. The van der Waals surface area contributed by atoms with Gasteiger partial charge in [0.2, 0.25) is 5.91 Å². The van der Waals surface area contributed by atoms with E-state index in [1.807, 2.05) is 29.2 Å². The molecule has 1 aliphatic rings. The molecular weight excluding hydrogens is 278 g/mol. The van der Waals surface area contributed by atoms with Crippen LogP contribution in [0, 0.1) is 5.92 Å². The number of carbonyl (C=O) groups excluding carboxylic acids is 1. The monoisotopic (exact) mass is 301 g/mol. The zero-order valence-electron chi connectivity index (χ0n) is 13.0. The van der Waals surface area contributed by atoms with E-state index in [0.717, 1.165) is 30.4 Å². The molecule has 1 fully saturated rings. The van der Waals surface area contributed by atoms with Gasteiger partial charge in [0.25, 0.3) is 0 Å². The first kappa shape index (κ1) is 15.0. The highest BCUT2D eigenvalue weighted by molar-refractivity contribution is 5.80. The minimum Gasteiger partial charge on any atom is -0.338 e. The smallest absolute Gasteiger partial charge is 0.244 e. The summed E-state index contributed by atoms with van der Waals surface area (Å²) < 4.78 is 1.69. The van der Waals surface area contributed by atoms with Gasteiger partial charge in [0.05, 0.1) is 5.52 Å². The molecule has 0 aliphatic carbocycles. The molecule has 2 N–H and O–H groups in total. The molecule has 2 aromatic rings. The topological polar surface area (TPSA) is 77.0 Å². The Labute approximate surface area is 130 Å². The number of likely N-dealkylation sites (tertiary alicyclic amines) is 1. The third-order valence-corrected chi connectivity index (χ3v) is 4.60. The number of aromatic nitrogens is 3. The summed E-state index contributed by atoms with van der Waals surface area (Å²) in [6, 6.07) is 7.96. The normalized spacial score (nSPS) is 22.2. The molecule has 118 valence electrons. The minimum atomic E-state index is 0.112. The fraction of sp³-hybridized carbons (Fsp3) is 0.562. The van der Waals surface area contributed by atoms with Gasteiger partial charge in [-0.1, -0.05) is 24.3 Å². The van der Waals surface area contributed by atoms with Crippen molar-refractivity contribution in [2.75, 3.05) is 13.1 Å². The molecule has 0 bridgehead atoms. The number of hydrogen-bond acceptors (Lipinski definition) is 4. The zero-order valence-corrected chi connectivity index (χ0v) is 13.0. The van der Waals surface area contributed by atoms with Crippen molar-refractivity contribution in [2.45, 2.75) is 38.8 Å². The van der Waals surface area contributed by atoms with E-state index in [9.17, 15) is 4.79 Å². The van der Waals surface area contributed by atoms with Crippen molar-refractivity contribution >= 4 is 16.9 Å². The van der Waals surface area contributed by atoms with Crippen LogP contribution >= 0.6 is 0 Å². The largest absolute Gasteiger partial charge is 0.338 e. The first-order valence-corrected chi connectivity index (χ1v) is 7.98. The molecule has 6 heteroatoms. The van der Waals surface area contributed by atoms with Crippen LogP contribution in [0.5, 0.6) is 0 Å². The van der Waals surface area contributed by atoms with Crippen LogP contribution in [0.1, 0.15) is 26.2 Å². The second-order valence-corrected chi connectivity index (χ2v) is 6.09. The molecule has 3 rings (SSSR count). The average Bonchev–Trinajstić information content (AvgIpc) is 2.93. The number of benzene rings is 1. The van der Waals surface area contributed by atoms with Crippen molar-refractivity contribution in [3.05, 3.63) is 24.3 Å². The molecule has 2 heterocycles. The Hall–Kier alpha value is -1.95. The van der Waals surface area contributed by atoms with Gasteiger partial charge in [0.15, 0.2) is 0 Å². The summed E-state index contributed by atoms with van der Waals surface area (Å²) in [6.07, 6.45) is 3.10. The van der Waals surface area contributed by atoms with Crippen molar-refractivity contribution in [2.24, 2.45) is 11.7 Å². The minimum absolute atomic E-state index is 0.112. The maximum absolute atomic E-state index is 12.7. The van der Waals surface area contributed by atoms with E-state index in [-0.39, 0.29) is 18.5 Å². The molecule has 1 aliphatic heterocycles. The lowest BCUT2D eigenvalue weighted by atomic mass is 9.88. The van der Waals surface area contributed by atoms with E-state index >= 15 is 0 Å². The molecular formula is C16H23N5O. The Bertz CT molecular complexity index is 653. The van der Waals surface area contributed by atoms with Crippen LogP contribution in [-0.2, 0) is 11.3 Å². The van der Waals surface area contributed by atoms with Crippen LogP contribution in [-0.4, -0.2) is 44.9 Å². The summed E-state index contributed by atoms with van der Waals surface area (Å²) in [7, 11) is 0. The highest BCUT2D eigenvalue weighted by Crippen LogP contribution is 2.25. The Morgan fingerprint density at radius 2 is 2.23 bits per heavy atom. The van der Waals surface area contributed by atoms with E-state index in [2.05, 4.69) is 17.2 Å². The van der Waals surface area contributed by atoms with Crippen LogP contribution in [0.2, 0.25) is 0 Å². The second kappa shape index (κ2) is 6.44. The lowest BCUT2D eigenvalue weighted by Crippen LogP contribution is -2.49. The van der Waals surface area contributed by atoms with Gasteiger partial charge in [-0.15, -0.1) is 5.10 Å². The fourth-order valence-electron chi connectivity index (χ4n) is 3.42. The van der Waals surface area contributed by atoms with E-state index < -0.39 is 0 Å². The molecule has 1 amide bonds. The Kier molecular flexibility index (Phi) is 4.38. The zero-order chi connectivity index (χ0) is 15.5. The summed E-state index contributed by atoms with van der Waals surface area (Å²) in [5, 5.41) is 8.22. The number of para-hydroxylation sites is 1. The van der Waals surface area contributed by atoms with Crippen molar-refractivity contribution in [3.63, 3.8) is 0 Å². The average molecular weight is 301 g/mol. The first-order valence-electron chi connectivity index (χ1n) is 7.98. The van der Waals surface area contributed by atoms with E-state index in [4.69, 9.17) is 5.73 Å². The number of carbonyl (C=O) groups is 1. The van der Waals surface area contributed by atoms with Crippen LogP contribution in [0.3, 0.4) is 0 Å². The summed E-state index contributed by atoms with van der Waals surface area (Å²) in [5.74, 6) is 0.620. The SMILES string of the molecule is CC1CCCN(C(=O)Cn2nnc3ccccc32)C1CCN. The molecule has 6 nitrogen and oxygen atoms in total. The van der Waals surface area contributed by atoms with Crippen LogP contribution in [0.25, 0.3) is 11.0 Å². The summed E-state index contributed by atoms with van der Waals surface area (Å²) >= 11 is 0. The molecule has 2 unspecified atom stereocenters. The quantitative estimate of drug-likeness (QED) is 0.926. The van der Waals surface area contributed by atoms with Gasteiger partial charge in [-0.3, -0.25) is 4.79 Å². The van der Waals surface area contributed by atoms with E-state index in [0.29, 0.717) is 12.5 Å². The maximum atomic E-state index is 12.7. The van der Waals surface area contributed by atoms with Gasteiger partial charge in [0, 0.05) is 12.6 Å². The van der Waals surface area contributed by atoms with Crippen molar-refractivity contribution in [3.8, 4) is 0 Å². The maximum Gasteiger partial charge on any atom is 0.244 e. The standard InChI is InChI=1S/C16H23N5O/c1-12-5-4-10-20(14(12)8-9-17)16(22)11-21-15-7-3-2-6-13(15)18-19-21/h2-3,6-7,12,14H,4-5,8-11,17H2,1H3. The summed E-state index contributed by atoms with van der Waals surface area (Å²) in [6.45, 7) is 3.89. The predicted octanol–water partition coefficient (Wildman–Crippen LogP) is 1.41. The van der Waals surface area contributed by atoms with Gasteiger partial charge < -0.3 is 10.6 Å². The molecule has 1 saturated heterocycles. The Balaban J connectivity index is 1.78. The van der Waals surface area contributed by atoms with Crippen molar-refractivity contribution in [1.29, 1.82) is 0 Å². The van der Waals surface area contributed by atoms with Gasteiger partial charge >= 0.3 is 0 Å². The van der Waals surface area contributed by atoms with Gasteiger partial charge in [0.1, 0.15) is 12.1 Å². The number of nitrogens with zero attached hydrogens (tertiary/aromatic N) is 4. The Morgan fingerprint density at radius 1 is 1.41 bits per heavy atom. The van der Waals surface area contributed by atoms with Gasteiger partial charge in [-0.2, -0.15) is 0 Å². The third-order valence-electron chi connectivity index (χ3n) is 4.60. The fourth-order valence-corrected chi connectivity index (χ4v) is 3.42. The molecule has 22 heavy (non-hydrogen) atoms. The third kappa shape index (κ3) is 2.83. The Morgan fingerprint density at radius 3 is 3.05 bits per heavy atom. The van der Waals surface area contributed by atoms with E-state index in [1.165, 1.54) is 6.42 Å². The molecule has 2 atom stereocenters. The predicted molar refractivity (Wildman–Crippen MR) is 85.1 cm³/mol. The highest BCUT2D eigenvalue weighted by atomic mass is 16.2. The number of amides is 1. The number of hydrogen-bond donors (Lipinski definition) is 1. The molecule has 1 aromatic carbocycles. The summed E-state index contributed by atoms with van der Waals surface area (Å²) in [5.41, 5.74) is 7.45. The lowest BCUT2D eigenvalue weighted by Gasteiger charge is -2.40. The van der Waals surface area contributed by atoms with Crippen LogP contribution < -0.4 is 5.73 Å². The number of nitrogens with two attached hydrogens (primary N) is 1. The molecule has 0 radical (unpaired) electrons. The number of rotatable bonds is 4. The summed E-state index contributed by atoms with van der Waals surface area (Å²) in [4.78, 5) is 14.7. The molecule has 0 saturated carbocycles. The van der Waals surface area contributed by atoms with E-state index in [1.54, 1.807) is 4.68 Å². The van der Waals surface area contributed by atoms with Crippen molar-refractivity contribution < 1.29 is 4.79 Å². The highest BCUT2D eigenvalue weighted by Gasteiger charge is 2.31. The number of piperidine rings is 1. The first-order chi connectivity index (χ1) is 10.7. The lowest BCUT2D eigenvalue weighted by molar-refractivity contribution is -0.137. The van der Waals surface area contributed by atoms with Gasteiger partial charge in [-0.05, 0) is 43.9 Å².